The number of aryl methyl sites for hydroxylation is 3. The van der Waals surface area contributed by atoms with E-state index in [1.165, 1.54) is 0 Å². The molecule has 1 aliphatic rings. The predicted molar refractivity (Wildman–Crippen MR) is 103 cm³/mol. The average molecular weight is 394 g/mol. The molecule has 0 saturated heterocycles. The van der Waals surface area contributed by atoms with Gasteiger partial charge < -0.3 is 14.7 Å². The molecule has 0 fully saturated rings. The van der Waals surface area contributed by atoms with Gasteiger partial charge in [-0.05, 0) is 25.5 Å². The molecule has 29 heavy (non-hydrogen) atoms. The molecule has 0 atom stereocenters. The SMILES string of the molecule is Cc1noc(C)c1CC(=O)N1Cc2c(C(=O)NCc3cccnc3)nn(C)c2C1. The van der Waals surface area contributed by atoms with Crippen LogP contribution < -0.4 is 5.32 Å². The first-order valence-corrected chi connectivity index (χ1v) is 9.35. The molecule has 0 aromatic carbocycles. The molecule has 3 aromatic rings. The number of aromatic nitrogens is 4. The molecule has 1 N–H and O–H groups in total. The van der Waals surface area contributed by atoms with Gasteiger partial charge in [-0.15, -0.1) is 0 Å². The second kappa shape index (κ2) is 7.50. The molecule has 2 amide bonds. The summed E-state index contributed by atoms with van der Waals surface area (Å²) in [4.78, 5) is 31.3. The van der Waals surface area contributed by atoms with Gasteiger partial charge in [0.05, 0.1) is 30.9 Å². The molecule has 0 saturated carbocycles. The van der Waals surface area contributed by atoms with Gasteiger partial charge in [-0.1, -0.05) is 11.2 Å². The highest BCUT2D eigenvalue weighted by Crippen LogP contribution is 2.27. The Labute approximate surface area is 167 Å². The number of carbonyl (C=O) groups is 2. The van der Waals surface area contributed by atoms with Crippen molar-refractivity contribution in [2.45, 2.75) is 39.9 Å². The summed E-state index contributed by atoms with van der Waals surface area (Å²) in [5.41, 5.74) is 4.49. The molecule has 0 bridgehead atoms. The molecule has 0 spiro atoms. The molecular formula is C20H22N6O3. The molecular weight excluding hydrogens is 372 g/mol. The molecule has 0 unspecified atom stereocenters. The Balaban J connectivity index is 1.46. The summed E-state index contributed by atoms with van der Waals surface area (Å²) >= 11 is 0. The number of nitrogens with zero attached hydrogens (tertiary/aromatic N) is 5. The summed E-state index contributed by atoms with van der Waals surface area (Å²) in [6, 6.07) is 3.72. The van der Waals surface area contributed by atoms with Crippen LogP contribution in [0, 0.1) is 13.8 Å². The lowest BCUT2D eigenvalue weighted by molar-refractivity contribution is -0.131. The maximum absolute atomic E-state index is 12.8. The summed E-state index contributed by atoms with van der Waals surface area (Å²) in [6.07, 6.45) is 3.62. The van der Waals surface area contributed by atoms with Gasteiger partial charge in [0.15, 0.2) is 5.69 Å². The number of rotatable bonds is 5. The largest absolute Gasteiger partial charge is 0.361 e. The van der Waals surface area contributed by atoms with Crippen LogP contribution in [-0.2, 0) is 37.9 Å². The molecule has 150 valence electrons. The van der Waals surface area contributed by atoms with Crippen molar-refractivity contribution in [1.82, 2.24) is 30.1 Å². The van der Waals surface area contributed by atoms with E-state index in [4.69, 9.17) is 4.52 Å². The number of amides is 2. The third-order valence-electron chi connectivity index (χ3n) is 5.22. The molecule has 4 rings (SSSR count). The first-order valence-electron chi connectivity index (χ1n) is 9.35. The summed E-state index contributed by atoms with van der Waals surface area (Å²) in [7, 11) is 1.79. The topological polar surface area (TPSA) is 106 Å². The number of pyridine rings is 1. The lowest BCUT2D eigenvalue weighted by Gasteiger charge is -2.16. The highest BCUT2D eigenvalue weighted by Gasteiger charge is 2.32. The smallest absolute Gasteiger partial charge is 0.272 e. The predicted octanol–water partition coefficient (Wildman–Crippen LogP) is 1.43. The van der Waals surface area contributed by atoms with Crippen LogP contribution >= 0.6 is 0 Å². The van der Waals surface area contributed by atoms with E-state index in [-0.39, 0.29) is 18.2 Å². The van der Waals surface area contributed by atoms with Crippen LogP contribution in [-0.4, -0.2) is 36.6 Å². The lowest BCUT2D eigenvalue weighted by atomic mass is 10.1. The Morgan fingerprint density at radius 3 is 2.79 bits per heavy atom. The van der Waals surface area contributed by atoms with Crippen LogP contribution in [0.2, 0.25) is 0 Å². The fourth-order valence-corrected chi connectivity index (χ4v) is 3.54. The molecule has 1 aliphatic heterocycles. The standard InChI is InChI=1S/C20H22N6O3/c1-12-15(13(2)29-24-12)7-18(27)26-10-16-17(11-26)25(3)23-19(16)20(28)22-9-14-5-4-6-21-8-14/h4-6,8H,7,9-11H2,1-3H3,(H,22,28). The maximum atomic E-state index is 12.8. The average Bonchev–Trinajstić information content (AvgIpc) is 3.38. The van der Waals surface area contributed by atoms with E-state index in [2.05, 4.69) is 20.6 Å². The molecule has 9 nitrogen and oxygen atoms in total. The molecule has 4 heterocycles. The fraction of sp³-hybridized carbons (Fsp3) is 0.350. The third-order valence-corrected chi connectivity index (χ3v) is 5.22. The van der Waals surface area contributed by atoms with E-state index < -0.39 is 0 Å². The zero-order valence-corrected chi connectivity index (χ0v) is 16.6. The highest BCUT2D eigenvalue weighted by molar-refractivity contribution is 5.94. The molecule has 9 heteroatoms. The van der Waals surface area contributed by atoms with Crippen LogP contribution in [0.15, 0.2) is 29.0 Å². The summed E-state index contributed by atoms with van der Waals surface area (Å²) in [5, 5.41) is 11.1. The van der Waals surface area contributed by atoms with Crippen molar-refractivity contribution in [2.75, 3.05) is 0 Å². The van der Waals surface area contributed by atoms with E-state index in [9.17, 15) is 9.59 Å². The van der Waals surface area contributed by atoms with Crippen molar-refractivity contribution >= 4 is 11.8 Å². The minimum absolute atomic E-state index is 0.0303. The van der Waals surface area contributed by atoms with Gasteiger partial charge in [0, 0.05) is 37.1 Å². The van der Waals surface area contributed by atoms with Gasteiger partial charge in [0.25, 0.3) is 5.91 Å². The summed E-state index contributed by atoms with van der Waals surface area (Å²) in [6.45, 7) is 4.78. The van der Waals surface area contributed by atoms with Crippen LogP contribution in [0.3, 0.4) is 0 Å². The lowest BCUT2D eigenvalue weighted by Crippen LogP contribution is -2.29. The first kappa shape index (κ1) is 18.9. The fourth-order valence-electron chi connectivity index (χ4n) is 3.54. The number of hydrogen-bond acceptors (Lipinski definition) is 6. The van der Waals surface area contributed by atoms with E-state index in [1.54, 1.807) is 35.9 Å². The van der Waals surface area contributed by atoms with E-state index in [0.29, 0.717) is 31.1 Å². The number of hydrogen-bond donors (Lipinski definition) is 1. The number of fused-ring (bicyclic) bond motifs is 1. The van der Waals surface area contributed by atoms with Crippen LogP contribution in [0.5, 0.6) is 0 Å². The quantitative estimate of drug-likeness (QED) is 0.702. The zero-order valence-electron chi connectivity index (χ0n) is 16.6. The minimum Gasteiger partial charge on any atom is -0.361 e. The second-order valence-electron chi connectivity index (χ2n) is 7.17. The Morgan fingerprint density at radius 1 is 1.28 bits per heavy atom. The number of nitrogens with one attached hydrogen (secondary N) is 1. The van der Waals surface area contributed by atoms with Crippen LogP contribution in [0.1, 0.15) is 44.3 Å². The van der Waals surface area contributed by atoms with Crippen molar-refractivity contribution in [3.8, 4) is 0 Å². The van der Waals surface area contributed by atoms with E-state index >= 15 is 0 Å². The molecule has 0 radical (unpaired) electrons. The van der Waals surface area contributed by atoms with Gasteiger partial charge in [-0.25, -0.2) is 0 Å². The molecule has 0 aliphatic carbocycles. The minimum atomic E-state index is -0.259. The molecule has 3 aromatic heterocycles. The first-order chi connectivity index (χ1) is 13.9. The van der Waals surface area contributed by atoms with Crippen LogP contribution in [0.25, 0.3) is 0 Å². The van der Waals surface area contributed by atoms with Crippen molar-refractivity contribution in [3.63, 3.8) is 0 Å². The van der Waals surface area contributed by atoms with Crippen molar-refractivity contribution in [1.29, 1.82) is 0 Å². The van der Waals surface area contributed by atoms with E-state index in [1.807, 2.05) is 19.1 Å². The van der Waals surface area contributed by atoms with Gasteiger partial charge in [-0.2, -0.15) is 5.10 Å². The zero-order chi connectivity index (χ0) is 20.5. The Kier molecular flexibility index (Phi) is 4.87. The van der Waals surface area contributed by atoms with Gasteiger partial charge in [-0.3, -0.25) is 19.3 Å². The monoisotopic (exact) mass is 394 g/mol. The van der Waals surface area contributed by atoms with Crippen molar-refractivity contribution < 1.29 is 14.1 Å². The Morgan fingerprint density at radius 2 is 2.10 bits per heavy atom. The van der Waals surface area contributed by atoms with Gasteiger partial charge >= 0.3 is 0 Å². The highest BCUT2D eigenvalue weighted by atomic mass is 16.5. The second-order valence-corrected chi connectivity index (χ2v) is 7.17. The van der Waals surface area contributed by atoms with Crippen molar-refractivity contribution in [3.05, 3.63) is 64.1 Å². The third kappa shape index (κ3) is 3.63. The summed E-state index contributed by atoms with van der Waals surface area (Å²) < 4.78 is 6.82. The van der Waals surface area contributed by atoms with Gasteiger partial charge in [0.2, 0.25) is 5.91 Å². The Bertz CT molecular complexity index is 1050. The Hall–Kier alpha value is -3.49. The van der Waals surface area contributed by atoms with Crippen LogP contribution in [0.4, 0.5) is 0 Å². The van der Waals surface area contributed by atoms with Gasteiger partial charge in [0.1, 0.15) is 5.76 Å². The number of carbonyl (C=O) groups excluding carboxylic acids is 2. The normalized spacial score (nSPS) is 12.9. The summed E-state index contributed by atoms with van der Waals surface area (Å²) in [5.74, 6) is 0.368. The maximum Gasteiger partial charge on any atom is 0.272 e. The van der Waals surface area contributed by atoms with E-state index in [0.717, 1.165) is 28.1 Å². The van der Waals surface area contributed by atoms with Crippen molar-refractivity contribution in [2.24, 2.45) is 7.05 Å².